The Labute approximate surface area is 145 Å². The molecule has 0 saturated carbocycles. The van der Waals surface area contributed by atoms with E-state index >= 15 is 0 Å². The Bertz CT molecular complexity index is 562. The quantitative estimate of drug-likeness (QED) is 0.506. The van der Waals surface area contributed by atoms with Gasteiger partial charge in [-0.3, -0.25) is 9.79 Å². The number of hydrogen-bond acceptors (Lipinski definition) is 2. The van der Waals surface area contributed by atoms with Crippen molar-refractivity contribution in [2.24, 2.45) is 10.4 Å². The van der Waals surface area contributed by atoms with E-state index in [0.717, 1.165) is 25.5 Å². The summed E-state index contributed by atoms with van der Waals surface area (Å²) in [7, 11) is 1.81. The molecule has 1 amide bonds. The summed E-state index contributed by atoms with van der Waals surface area (Å²) in [6.07, 6.45) is 1.14. The molecule has 0 spiro atoms. The number of guanidine groups is 1. The van der Waals surface area contributed by atoms with Crippen molar-refractivity contribution in [1.82, 2.24) is 15.5 Å². The number of carbonyl (C=O) groups is 1. The van der Waals surface area contributed by atoms with Crippen LogP contribution in [0.15, 0.2) is 35.3 Å². The van der Waals surface area contributed by atoms with Gasteiger partial charge in [0.2, 0.25) is 5.91 Å². The molecule has 1 aliphatic rings. The average Bonchev–Trinajstić information content (AvgIpc) is 3.04. The Kier molecular flexibility index (Phi) is 6.23. The molecule has 132 valence electrons. The highest BCUT2D eigenvalue weighted by molar-refractivity contribution is 5.82. The standard InChI is InChI=1S/C19H30N4O/c1-19(2,3)17(24)21-11-12-22-18(20-4)23-13-10-16(14-23)15-8-6-5-7-9-15/h5-9,16H,10-14H2,1-4H3,(H,20,22)(H,21,24). The lowest BCUT2D eigenvalue weighted by Gasteiger charge is -2.22. The fraction of sp³-hybridized carbons (Fsp3) is 0.579. The van der Waals surface area contributed by atoms with E-state index in [4.69, 9.17) is 0 Å². The van der Waals surface area contributed by atoms with Gasteiger partial charge in [0, 0.05) is 44.6 Å². The maximum absolute atomic E-state index is 11.9. The Morgan fingerprint density at radius 2 is 1.88 bits per heavy atom. The van der Waals surface area contributed by atoms with Crippen LogP contribution in [0.3, 0.4) is 0 Å². The lowest BCUT2D eigenvalue weighted by Crippen LogP contribution is -2.44. The fourth-order valence-corrected chi connectivity index (χ4v) is 2.90. The van der Waals surface area contributed by atoms with Gasteiger partial charge in [-0.2, -0.15) is 0 Å². The number of nitrogens with one attached hydrogen (secondary N) is 2. The van der Waals surface area contributed by atoms with Crippen LogP contribution < -0.4 is 10.6 Å². The zero-order valence-corrected chi connectivity index (χ0v) is 15.3. The number of benzene rings is 1. The molecule has 1 aromatic carbocycles. The van der Waals surface area contributed by atoms with Crippen LogP contribution in [0.4, 0.5) is 0 Å². The second-order valence-corrected chi connectivity index (χ2v) is 7.32. The van der Waals surface area contributed by atoms with Crippen molar-refractivity contribution in [3.63, 3.8) is 0 Å². The number of carbonyl (C=O) groups excluding carboxylic acids is 1. The van der Waals surface area contributed by atoms with Crippen LogP contribution in [0, 0.1) is 5.41 Å². The van der Waals surface area contributed by atoms with Gasteiger partial charge >= 0.3 is 0 Å². The molecule has 5 heteroatoms. The van der Waals surface area contributed by atoms with Gasteiger partial charge in [-0.1, -0.05) is 51.1 Å². The average molecular weight is 330 g/mol. The third-order valence-corrected chi connectivity index (χ3v) is 4.35. The lowest BCUT2D eigenvalue weighted by atomic mass is 9.96. The Morgan fingerprint density at radius 1 is 1.21 bits per heavy atom. The van der Waals surface area contributed by atoms with E-state index in [-0.39, 0.29) is 11.3 Å². The summed E-state index contributed by atoms with van der Waals surface area (Å²) in [5.41, 5.74) is 1.05. The van der Waals surface area contributed by atoms with E-state index in [1.807, 2.05) is 27.8 Å². The van der Waals surface area contributed by atoms with Crippen molar-refractivity contribution in [2.45, 2.75) is 33.1 Å². The third kappa shape index (κ3) is 4.98. The minimum Gasteiger partial charge on any atom is -0.354 e. The summed E-state index contributed by atoms with van der Waals surface area (Å²) in [6, 6.07) is 10.7. The van der Waals surface area contributed by atoms with E-state index in [1.165, 1.54) is 5.56 Å². The zero-order chi connectivity index (χ0) is 17.6. The van der Waals surface area contributed by atoms with Crippen molar-refractivity contribution in [1.29, 1.82) is 0 Å². The van der Waals surface area contributed by atoms with Gasteiger partial charge in [0.25, 0.3) is 0 Å². The largest absolute Gasteiger partial charge is 0.354 e. The van der Waals surface area contributed by atoms with E-state index in [2.05, 4.69) is 50.9 Å². The molecule has 1 saturated heterocycles. The number of aliphatic imine (C=N–C) groups is 1. The van der Waals surface area contributed by atoms with Gasteiger partial charge in [-0.05, 0) is 12.0 Å². The first-order chi connectivity index (χ1) is 11.4. The molecule has 2 N–H and O–H groups in total. The Hall–Kier alpha value is -2.04. The van der Waals surface area contributed by atoms with E-state index in [0.29, 0.717) is 19.0 Å². The minimum absolute atomic E-state index is 0.0737. The van der Waals surface area contributed by atoms with Crippen molar-refractivity contribution < 1.29 is 4.79 Å². The van der Waals surface area contributed by atoms with Crippen LogP contribution in [-0.4, -0.2) is 50.0 Å². The van der Waals surface area contributed by atoms with E-state index < -0.39 is 0 Å². The summed E-state index contributed by atoms with van der Waals surface area (Å²) in [5, 5.41) is 6.30. The zero-order valence-electron chi connectivity index (χ0n) is 15.3. The second-order valence-electron chi connectivity index (χ2n) is 7.32. The molecular weight excluding hydrogens is 300 g/mol. The highest BCUT2D eigenvalue weighted by Gasteiger charge is 2.26. The van der Waals surface area contributed by atoms with Gasteiger partial charge in [0.05, 0.1) is 0 Å². The van der Waals surface area contributed by atoms with Gasteiger partial charge in [0.1, 0.15) is 0 Å². The summed E-state index contributed by atoms with van der Waals surface area (Å²) >= 11 is 0. The molecule has 0 aliphatic carbocycles. The maximum atomic E-state index is 11.9. The van der Waals surface area contributed by atoms with Crippen molar-refractivity contribution in [3.05, 3.63) is 35.9 Å². The molecule has 24 heavy (non-hydrogen) atoms. The van der Waals surface area contributed by atoms with Crippen LogP contribution in [0.1, 0.15) is 38.7 Å². The number of hydrogen-bond donors (Lipinski definition) is 2. The van der Waals surface area contributed by atoms with Gasteiger partial charge < -0.3 is 15.5 Å². The molecule has 1 unspecified atom stereocenters. The first-order valence-electron chi connectivity index (χ1n) is 8.70. The number of rotatable bonds is 4. The molecule has 1 aliphatic heterocycles. The first kappa shape index (κ1) is 18.3. The molecule has 1 fully saturated rings. The highest BCUT2D eigenvalue weighted by Crippen LogP contribution is 2.26. The van der Waals surface area contributed by atoms with Crippen LogP contribution in [0.5, 0.6) is 0 Å². The maximum Gasteiger partial charge on any atom is 0.225 e. The van der Waals surface area contributed by atoms with Crippen LogP contribution in [0.25, 0.3) is 0 Å². The summed E-state index contributed by atoms with van der Waals surface area (Å²) < 4.78 is 0. The summed E-state index contributed by atoms with van der Waals surface area (Å²) in [4.78, 5) is 18.5. The Balaban J connectivity index is 1.78. The Morgan fingerprint density at radius 3 is 2.50 bits per heavy atom. The normalized spacial score (nSPS) is 18.6. The number of likely N-dealkylation sites (tertiary alicyclic amines) is 1. The molecule has 0 radical (unpaired) electrons. The second kappa shape index (κ2) is 8.18. The molecular formula is C19H30N4O. The SMILES string of the molecule is CN=C(NCCNC(=O)C(C)(C)C)N1CCC(c2ccccc2)C1. The van der Waals surface area contributed by atoms with Crippen molar-refractivity contribution >= 4 is 11.9 Å². The molecule has 0 aromatic heterocycles. The smallest absolute Gasteiger partial charge is 0.225 e. The predicted molar refractivity (Wildman–Crippen MR) is 99.2 cm³/mol. The van der Waals surface area contributed by atoms with Gasteiger partial charge in [-0.15, -0.1) is 0 Å². The predicted octanol–water partition coefficient (Wildman–Crippen LogP) is 2.21. The lowest BCUT2D eigenvalue weighted by molar-refractivity contribution is -0.128. The molecule has 0 bridgehead atoms. The molecule has 1 aromatic rings. The first-order valence-corrected chi connectivity index (χ1v) is 8.70. The monoisotopic (exact) mass is 330 g/mol. The molecule has 5 nitrogen and oxygen atoms in total. The van der Waals surface area contributed by atoms with Crippen LogP contribution >= 0.6 is 0 Å². The van der Waals surface area contributed by atoms with Crippen molar-refractivity contribution in [3.8, 4) is 0 Å². The molecule has 1 atom stereocenters. The van der Waals surface area contributed by atoms with E-state index in [1.54, 1.807) is 0 Å². The number of nitrogens with zero attached hydrogens (tertiary/aromatic N) is 2. The third-order valence-electron chi connectivity index (χ3n) is 4.35. The highest BCUT2D eigenvalue weighted by atomic mass is 16.2. The summed E-state index contributed by atoms with van der Waals surface area (Å²) in [6.45, 7) is 9.03. The molecule has 2 rings (SSSR count). The fourth-order valence-electron chi connectivity index (χ4n) is 2.90. The number of amides is 1. The van der Waals surface area contributed by atoms with Gasteiger partial charge in [-0.25, -0.2) is 0 Å². The molecule has 1 heterocycles. The van der Waals surface area contributed by atoms with Gasteiger partial charge in [0.15, 0.2) is 5.96 Å². The summed E-state index contributed by atoms with van der Waals surface area (Å²) in [5.74, 6) is 1.55. The topological polar surface area (TPSA) is 56.7 Å². The van der Waals surface area contributed by atoms with Crippen molar-refractivity contribution in [2.75, 3.05) is 33.2 Å². The van der Waals surface area contributed by atoms with Crippen LogP contribution in [0.2, 0.25) is 0 Å². The van der Waals surface area contributed by atoms with Crippen LogP contribution in [-0.2, 0) is 4.79 Å². The minimum atomic E-state index is -0.348. The van der Waals surface area contributed by atoms with E-state index in [9.17, 15) is 4.79 Å².